The van der Waals surface area contributed by atoms with Crippen molar-refractivity contribution >= 4 is 59.1 Å². The molecule has 0 aliphatic carbocycles. The molecule has 0 aromatic heterocycles. The van der Waals surface area contributed by atoms with Crippen LogP contribution in [0.5, 0.6) is 0 Å². The third-order valence-electron chi connectivity index (χ3n) is 15.0. The Hall–Kier alpha value is -8.39. The van der Waals surface area contributed by atoms with Crippen molar-refractivity contribution in [3.63, 3.8) is 0 Å². The largest absolute Gasteiger partial charge is 0.462 e. The van der Waals surface area contributed by atoms with Gasteiger partial charge in [0.2, 0.25) is 18.2 Å². The summed E-state index contributed by atoms with van der Waals surface area (Å²) in [5, 5.41) is 26.8. The fraction of sp³-hybridized carbons (Fsp3) is 0.494. The number of aliphatic hydroxyl groups is 3. The number of esters is 5. The van der Waals surface area contributed by atoms with E-state index in [2.05, 4.69) is 42.4 Å². The molecule has 0 saturated carbocycles. The summed E-state index contributed by atoms with van der Waals surface area (Å²) in [4.78, 5) is 93.7. The summed E-state index contributed by atoms with van der Waals surface area (Å²) < 4.78 is 96.9. The molecule has 0 bridgehead atoms. The number of carbonyl (C=O) groups excluding carboxylic acids is 8. The molecule has 0 amide bonds. The Morgan fingerprint density at radius 1 is 0.366 bits per heavy atom. The first-order valence-electron chi connectivity index (χ1n) is 36.4. The van der Waals surface area contributed by atoms with Crippen molar-refractivity contribution in [2.45, 2.75) is 74.3 Å². The van der Waals surface area contributed by atoms with Crippen LogP contribution in [0.3, 0.4) is 0 Å². The molecule has 0 aliphatic heterocycles. The Morgan fingerprint density at radius 2 is 0.598 bits per heavy atom. The predicted octanol–water partition coefficient (Wildman–Crippen LogP) is 9.02. The van der Waals surface area contributed by atoms with Gasteiger partial charge in [-0.15, -0.1) is 0 Å². The monoisotopic (exact) mass is 1590 g/mol. The first kappa shape index (κ1) is 104. The standard InChI is InChI=1S/C26H27O3P.C22H46O12.C15H20O6.C10H14O5.C10H12O2/c1-16-12-18(3)23(19(4)13-16)25(27)30(29,22-10-8-7-9-11-22)26(28)24-20(5)14-17(2)15-21(24)6;23-1-3-25-5-7-27-9-11-29-13-15-31-17-19-33-21-22-34-20-18-32-16-14-30-12-10-28-8-6-26-4-2-24;1-5-12(16)19-9-15(8-4,10-20-13(17)6-2)11-21-14(18)7-3;1-3-9(11)14-7-5-13-6-8-15-10(12)4-2;1-10(2,12)9(11)8-6-4-3-5-7-8/h7-15H,1-6H3;23-24H,1-22H2;5-7H,1-3,8-11H2,4H3;3-4H,1-2,5-8H2;3-7,12H,1-2H3. The topological polar surface area (TPSA) is 362 Å². The number of aliphatic hydroxyl groups excluding tert-OH is 2. The molecule has 4 rings (SSSR count). The van der Waals surface area contributed by atoms with E-state index >= 15 is 0 Å². The first-order valence-corrected chi connectivity index (χ1v) is 38.1. The summed E-state index contributed by atoms with van der Waals surface area (Å²) in [5.41, 5.74) is 2.99. The van der Waals surface area contributed by atoms with E-state index in [1.165, 1.54) is 13.8 Å². The minimum Gasteiger partial charge on any atom is -0.462 e. The Labute approximate surface area is 659 Å². The summed E-state index contributed by atoms with van der Waals surface area (Å²) in [6, 6.07) is 24.8. The smallest absolute Gasteiger partial charge is 0.330 e. The summed E-state index contributed by atoms with van der Waals surface area (Å²) in [5.74, 6) is -3.06. The Morgan fingerprint density at radius 3 is 0.830 bits per heavy atom. The van der Waals surface area contributed by atoms with E-state index in [0.29, 0.717) is 155 Å². The normalized spacial score (nSPS) is 10.9. The van der Waals surface area contributed by atoms with E-state index in [0.717, 1.165) is 63.8 Å². The van der Waals surface area contributed by atoms with Gasteiger partial charge >= 0.3 is 29.8 Å². The zero-order chi connectivity index (χ0) is 83.9. The van der Waals surface area contributed by atoms with Gasteiger partial charge in [-0.3, -0.25) is 14.4 Å². The summed E-state index contributed by atoms with van der Waals surface area (Å²) >= 11 is 0. The van der Waals surface area contributed by atoms with Crippen LogP contribution in [0.1, 0.15) is 91.6 Å². The summed E-state index contributed by atoms with van der Waals surface area (Å²) in [7, 11) is -4.11. The van der Waals surface area contributed by atoms with E-state index in [1.54, 1.807) is 61.5 Å². The molecule has 0 spiro atoms. The molecule has 0 fully saturated rings. The lowest BCUT2D eigenvalue weighted by atomic mass is 9.88. The van der Waals surface area contributed by atoms with Crippen LogP contribution in [0.15, 0.2) is 148 Å². The van der Waals surface area contributed by atoms with Crippen LogP contribution >= 0.6 is 7.14 Å². The van der Waals surface area contributed by atoms with Crippen LogP contribution in [0.4, 0.5) is 0 Å². The van der Waals surface area contributed by atoms with Gasteiger partial charge in [-0.05, 0) is 84.1 Å². The lowest BCUT2D eigenvalue weighted by Crippen LogP contribution is -2.38. The molecule has 0 radical (unpaired) electrons. The SMILES string of the molecule is C=CC(=O)OCC(CC)(COC(=O)C=C)COC(=O)C=C.C=CC(=O)OCCOCCOC(=O)C=C.CC(C)(O)C(=O)c1ccccc1.Cc1cc(C)c(C(=O)P(=O)(C(=O)c2c(C)cc(C)cc2C)c2ccccc2)c(C)c1.OCCOCCOCCOCCOCCOCCOCCOCCOCCOCCOCCO. The Kier molecular flexibility index (Phi) is 59.3. The second-order valence-corrected chi connectivity index (χ2v) is 27.1. The quantitative estimate of drug-likeness (QED) is 0.00926. The number of hydrogen-bond donors (Lipinski definition) is 3. The zero-order valence-electron chi connectivity index (χ0n) is 66.7. The molecular weight excluding hydrogens is 1480 g/mol. The molecule has 3 N–H and O–H groups in total. The van der Waals surface area contributed by atoms with Crippen molar-refractivity contribution in [1.82, 2.24) is 0 Å². The molecule has 0 saturated heterocycles. The highest BCUT2D eigenvalue weighted by atomic mass is 31.2. The average Bonchev–Trinajstić information content (AvgIpc) is 0.747. The highest BCUT2D eigenvalue weighted by molar-refractivity contribution is 8.01. The van der Waals surface area contributed by atoms with Gasteiger partial charge in [0, 0.05) is 52.4 Å². The molecule has 0 unspecified atom stereocenters. The first-order chi connectivity index (χ1) is 53.6. The molecule has 112 heavy (non-hydrogen) atoms. The zero-order valence-corrected chi connectivity index (χ0v) is 67.6. The van der Waals surface area contributed by atoms with Crippen molar-refractivity contribution in [3.8, 4) is 0 Å². The van der Waals surface area contributed by atoms with Crippen molar-refractivity contribution < 1.29 is 134 Å². The highest BCUT2D eigenvalue weighted by Gasteiger charge is 2.45. The number of ketones is 1. The third kappa shape index (κ3) is 47.2. The van der Waals surface area contributed by atoms with Crippen molar-refractivity contribution in [1.29, 1.82) is 0 Å². The van der Waals surface area contributed by atoms with Crippen molar-refractivity contribution in [2.24, 2.45) is 5.41 Å². The molecule has 29 heteroatoms. The maximum Gasteiger partial charge on any atom is 0.330 e. The van der Waals surface area contributed by atoms with Crippen LogP contribution in [0.25, 0.3) is 0 Å². The van der Waals surface area contributed by atoms with Gasteiger partial charge in [-0.1, -0.05) is 136 Å². The van der Waals surface area contributed by atoms with Crippen LogP contribution in [-0.4, -0.2) is 259 Å². The second kappa shape index (κ2) is 64.0. The lowest BCUT2D eigenvalue weighted by Gasteiger charge is -2.30. The van der Waals surface area contributed by atoms with Gasteiger partial charge in [0.15, 0.2) is 5.78 Å². The molecule has 0 aliphatic rings. The van der Waals surface area contributed by atoms with Gasteiger partial charge in [-0.25, -0.2) is 24.0 Å². The van der Waals surface area contributed by atoms with E-state index in [-0.39, 0.29) is 70.5 Å². The Bertz CT molecular complexity index is 3200. The number of carbonyl (C=O) groups is 8. The average molecular weight is 1600 g/mol. The summed E-state index contributed by atoms with van der Waals surface area (Å²) in [6.07, 6.45) is 5.66. The van der Waals surface area contributed by atoms with Gasteiger partial charge in [0.25, 0.3) is 0 Å². The number of Topliss-reactive ketones (excluding diaryl/α,β-unsaturated/α-hetero) is 1. The Balaban J connectivity index is 0.00000144. The molecule has 0 heterocycles. The van der Waals surface area contributed by atoms with Crippen molar-refractivity contribution in [2.75, 3.05) is 192 Å². The fourth-order valence-corrected chi connectivity index (χ4v) is 12.0. The van der Waals surface area contributed by atoms with E-state index in [4.69, 9.17) is 76.5 Å². The highest BCUT2D eigenvalue weighted by Crippen LogP contribution is 2.52. The molecular formula is C83H119O28P. The minimum atomic E-state index is -4.11. The molecule has 4 aromatic rings. The fourth-order valence-electron chi connectivity index (χ4n) is 9.37. The third-order valence-corrected chi connectivity index (χ3v) is 17.6. The molecule has 624 valence electrons. The maximum absolute atomic E-state index is 14.5. The number of benzene rings is 4. The second-order valence-electron chi connectivity index (χ2n) is 24.6. The van der Waals surface area contributed by atoms with Crippen LogP contribution in [0.2, 0.25) is 0 Å². The lowest BCUT2D eigenvalue weighted by molar-refractivity contribution is -0.156. The van der Waals surface area contributed by atoms with E-state index < -0.39 is 59.1 Å². The maximum atomic E-state index is 14.5. The summed E-state index contributed by atoms with van der Waals surface area (Å²) in [6.45, 7) is 42.7. The van der Waals surface area contributed by atoms with Crippen LogP contribution in [-0.2, 0) is 104 Å². The number of hydrogen-bond acceptors (Lipinski definition) is 28. The van der Waals surface area contributed by atoms with Crippen molar-refractivity contribution in [3.05, 3.63) is 198 Å². The van der Waals surface area contributed by atoms with Crippen LogP contribution in [0, 0.1) is 47.0 Å². The number of ether oxygens (including phenoxy) is 16. The molecule has 0 atom stereocenters. The van der Waals surface area contributed by atoms with Gasteiger partial charge in [0.1, 0.15) is 38.6 Å². The molecule has 4 aromatic carbocycles. The number of aryl methyl sites for hydroxylation is 6. The van der Waals surface area contributed by atoms with E-state index in [9.17, 15) is 48.0 Å². The van der Waals surface area contributed by atoms with Gasteiger partial charge < -0.3 is 95.7 Å². The van der Waals surface area contributed by atoms with Crippen LogP contribution < -0.4 is 5.30 Å². The van der Waals surface area contributed by atoms with Gasteiger partial charge in [-0.2, -0.15) is 0 Å². The predicted molar refractivity (Wildman–Crippen MR) is 422 cm³/mol. The number of rotatable bonds is 56. The minimum absolute atomic E-state index is 0.0265. The van der Waals surface area contributed by atoms with E-state index in [1.807, 2.05) is 71.9 Å². The van der Waals surface area contributed by atoms with Gasteiger partial charge in [0.05, 0.1) is 164 Å². The molecule has 28 nitrogen and oxygen atoms in total.